The van der Waals surface area contributed by atoms with Crippen molar-refractivity contribution in [2.45, 2.75) is 19.4 Å². The summed E-state index contributed by atoms with van der Waals surface area (Å²) in [5.41, 5.74) is 2.39. The van der Waals surface area contributed by atoms with Crippen LogP contribution >= 0.6 is 22.9 Å². The van der Waals surface area contributed by atoms with Crippen LogP contribution in [0.4, 0.5) is 0 Å². The fourth-order valence-electron chi connectivity index (χ4n) is 2.03. The first kappa shape index (κ1) is 12.6. The zero-order chi connectivity index (χ0) is 12.4. The maximum absolute atomic E-state index is 6.21. The molecule has 17 heavy (non-hydrogen) atoms. The minimum absolute atomic E-state index is 0.116. The molecule has 1 atom stereocenters. The van der Waals surface area contributed by atoms with Crippen molar-refractivity contribution in [3.63, 3.8) is 0 Å². The average Bonchev–Trinajstić information content (AvgIpc) is 2.91. The maximum Gasteiger partial charge on any atom is 0.0857 e. The zero-order valence-corrected chi connectivity index (χ0v) is 11.8. The molecule has 2 rings (SSSR count). The number of nitrogens with one attached hydrogen (secondary N) is 1. The molecule has 2 aromatic rings. The van der Waals surface area contributed by atoms with Crippen LogP contribution in [0, 0.1) is 0 Å². The van der Waals surface area contributed by atoms with Gasteiger partial charge < -0.3 is 5.32 Å². The van der Waals surface area contributed by atoms with Crippen molar-refractivity contribution in [3.8, 4) is 0 Å². The Bertz CT molecular complexity index is 484. The van der Waals surface area contributed by atoms with E-state index in [4.69, 9.17) is 11.6 Å². The van der Waals surface area contributed by atoms with Gasteiger partial charge in [-0.2, -0.15) is 5.10 Å². The number of rotatable bonds is 4. The number of thiophene rings is 1. The minimum atomic E-state index is 0.116. The molecule has 0 aromatic carbocycles. The molecule has 0 aliphatic rings. The Morgan fingerprint density at radius 2 is 2.35 bits per heavy atom. The summed E-state index contributed by atoms with van der Waals surface area (Å²) >= 11 is 7.97. The van der Waals surface area contributed by atoms with E-state index in [0.717, 1.165) is 12.1 Å². The van der Waals surface area contributed by atoms with Crippen LogP contribution in [-0.4, -0.2) is 16.8 Å². The van der Waals surface area contributed by atoms with Crippen molar-refractivity contribution in [3.05, 3.63) is 38.8 Å². The van der Waals surface area contributed by atoms with Gasteiger partial charge in [-0.3, -0.25) is 4.68 Å². The van der Waals surface area contributed by atoms with E-state index in [-0.39, 0.29) is 6.04 Å². The van der Waals surface area contributed by atoms with Crippen LogP contribution in [0.2, 0.25) is 5.02 Å². The van der Waals surface area contributed by atoms with Crippen molar-refractivity contribution >= 4 is 22.9 Å². The molecule has 1 unspecified atom stereocenters. The molecule has 0 spiro atoms. The summed E-state index contributed by atoms with van der Waals surface area (Å²) in [6.07, 6.45) is 2.73. The molecule has 0 aliphatic heterocycles. The molecule has 5 heteroatoms. The molecule has 0 saturated carbocycles. The zero-order valence-electron chi connectivity index (χ0n) is 10.2. The van der Waals surface area contributed by atoms with Gasteiger partial charge in [0.15, 0.2) is 0 Å². The summed E-state index contributed by atoms with van der Waals surface area (Å²) in [4.78, 5) is 1.32. The molecule has 0 fully saturated rings. The predicted molar refractivity (Wildman–Crippen MR) is 72.8 cm³/mol. The Morgan fingerprint density at radius 3 is 2.88 bits per heavy atom. The Hall–Kier alpha value is -0.840. The van der Waals surface area contributed by atoms with Crippen LogP contribution in [0.5, 0.6) is 0 Å². The van der Waals surface area contributed by atoms with Gasteiger partial charge in [0.1, 0.15) is 0 Å². The highest BCUT2D eigenvalue weighted by Gasteiger charge is 2.22. The molecule has 2 aromatic heterocycles. The highest BCUT2D eigenvalue weighted by atomic mass is 35.5. The van der Waals surface area contributed by atoms with Crippen molar-refractivity contribution < 1.29 is 0 Å². The molecule has 0 aliphatic carbocycles. The van der Waals surface area contributed by atoms with Gasteiger partial charge in [0.25, 0.3) is 0 Å². The third-order valence-corrected chi connectivity index (χ3v) is 4.24. The average molecular weight is 270 g/mol. The summed E-state index contributed by atoms with van der Waals surface area (Å²) < 4.78 is 1.84. The van der Waals surface area contributed by atoms with E-state index < -0.39 is 0 Å². The van der Waals surface area contributed by atoms with Crippen LogP contribution in [0.1, 0.15) is 29.1 Å². The van der Waals surface area contributed by atoms with Crippen molar-refractivity contribution in [1.29, 1.82) is 0 Å². The van der Waals surface area contributed by atoms with Crippen LogP contribution in [0.25, 0.3) is 0 Å². The van der Waals surface area contributed by atoms with Gasteiger partial charge in [0.05, 0.1) is 23.0 Å². The second-order valence-electron chi connectivity index (χ2n) is 3.89. The third-order valence-electron chi connectivity index (χ3n) is 2.92. The first-order valence-corrected chi connectivity index (χ1v) is 6.85. The van der Waals surface area contributed by atoms with Gasteiger partial charge in [0, 0.05) is 11.9 Å². The molecule has 0 saturated heterocycles. The van der Waals surface area contributed by atoms with Crippen LogP contribution in [0.15, 0.2) is 17.6 Å². The largest absolute Gasteiger partial charge is 0.307 e. The van der Waals surface area contributed by atoms with Gasteiger partial charge in [-0.1, -0.05) is 18.5 Å². The molecular formula is C12H16ClN3S. The first-order valence-electron chi connectivity index (χ1n) is 5.60. The SMILES string of the molecule is CCc1ccsc1C(NC)c1c(Cl)cnn1C. The smallest absolute Gasteiger partial charge is 0.0857 e. The van der Waals surface area contributed by atoms with E-state index in [1.165, 1.54) is 10.4 Å². The Kier molecular flexibility index (Phi) is 3.86. The second kappa shape index (κ2) is 5.21. The molecule has 0 amide bonds. The van der Waals surface area contributed by atoms with Gasteiger partial charge in [-0.15, -0.1) is 11.3 Å². The molecular weight excluding hydrogens is 254 g/mol. The topological polar surface area (TPSA) is 29.9 Å². The summed E-state index contributed by atoms with van der Waals surface area (Å²) in [5, 5.41) is 10.4. The Morgan fingerprint density at radius 1 is 1.59 bits per heavy atom. The van der Waals surface area contributed by atoms with E-state index >= 15 is 0 Å². The van der Waals surface area contributed by atoms with Gasteiger partial charge in [0.2, 0.25) is 0 Å². The molecule has 1 N–H and O–H groups in total. The summed E-state index contributed by atoms with van der Waals surface area (Å²) in [5.74, 6) is 0. The summed E-state index contributed by atoms with van der Waals surface area (Å²) in [6.45, 7) is 2.17. The molecule has 3 nitrogen and oxygen atoms in total. The minimum Gasteiger partial charge on any atom is -0.307 e. The lowest BCUT2D eigenvalue weighted by atomic mass is 10.1. The molecule has 0 bridgehead atoms. The fourth-order valence-corrected chi connectivity index (χ4v) is 3.41. The first-order chi connectivity index (χ1) is 8.19. The fraction of sp³-hybridized carbons (Fsp3) is 0.417. The van der Waals surface area contributed by atoms with Crippen molar-refractivity contribution in [1.82, 2.24) is 15.1 Å². The normalized spacial score (nSPS) is 12.9. The van der Waals surface area contributed by atoms with Crippen LogP contribution in [0.3, 0.4) is 0 Å². The van der Waals surface area contributed by atoms with Crippen molar-refractivity contribution in [2.24, 2.45) is 7.05 Å². The summed E-state index contributed by atoms with van der Waals surface area (Å²) in [7, 11) is 3.87. The van der Waals surface area contributed by atoms with Crippen molar-refractivity contribution in [2.75, 3.05) is 7.05 Å². The number of aryl methyl sites for hydroxylation is 2. The van der Waals surface area contributed by atoms with Crippen LogP contribution in [-0.2, 0) is 13.5 Å². The highest BCUT2D eigenvalue weighted by molar-refractivity contribution is 7.10. The monoisotopic (exact) mass is 269 g/mol. The highest BCUT2D eigenvalue weighted by Crippen LogP contribution is 2.33. The standard InChI is InChI=1S/C12H16ClN3S/c1-4-8-5-6-17-12(8)10(14-2)11-9(13)7-15-16(11)3/h5-7,10,14H,4H2,1-3H3. The Labute approximate surface area is 110 Å². The van der Waals surface area contributed by atoms with E-state index in [0.29, 0.717) is 5.02 Å². The van der Waals surface area contributed by atoms with E-state index in [2.05, 4.69) is 28.8 Å². The number of nitrogens with zero attached hydrogens (tertiary/aromatic N) is 2. The van der Waals surface area contributed by atoms with E-state index in [1.807, 2.05) is 18.8 Å². The lowest BCUT2D eigenvalue weighted by Crippen LogP contribution is -2.21. The molecule has 0 radical (unpaired) electrons. The van der Waals surface area contributed by atoms with Crippen LogP contribution < -0.4 is 5.32 Å². The number of hydrogen-bond acceptors (Lipinski definition) is 3. The number of aromatic nitrogens is 2. The van der Waals surface area contributed by atoms with Gasteiger partial charge in [-0.05, 0) is 30.5 Å². The van der Waals surface area contributed by atoms with E-state index in [9.17, 15) is 0 Å². The van der Waals surface area contributed by atoms with Gasteiger partial charge >= 0.3 is 0 Å². The third kappa shape index (κ3) is 2.25. The lowest BCUT2D eigenvalue weighted by Gasteiger charge is -2.17. The quantitative estimate of drug-likeness (QED) is 0.925. The number of halogens is 1. The lowest BCUT2D eigenvalue weighted by molar-refractivity contribution is 0.610. The Balaban J connectivity index is 2.47. The maximum atomic E-state index is 6.21. The van der Waals surface area contributed by atoms with Gasteiger partial charge in [-0.25, -0.2) is 0 Å². The summed E-state index contributed by atoms with van der Waals surface area (Å²) in [6, 6.07) is 2.29. The predicted octanol–water partition coefficient (Wildman–Crippen LogP) is 3.01. The second-order valence-corrected chi connectivity index (χ2v) is 5.24. The molecule has 2 heterocycles. The molecule has 92 valence electrons. The number of hydrogen-bond donors (Lipinski definition) is 1. The van der Waals surface area contributed by atoms with E-state index in [1.54, 1.807) is 17.5 Å².